The van der Waals surface area contributed by atoms with Crippen molar-refractivity contribution in [3.8, 4) is 11.5 Å². The topological polar surface area (TPSA) is 97.4 Å². The number of nitrogens with one attached hydrogen (secondary N) is 1. The summed E-state index contributed by atoms with van der Waals surface area (Å²) in [5.41, 5.74) is 0.365. The van der Waals surface area contributed by atoms with Crippen LogP contribution >= 0.6 is 0 Å². The molecule has 1 N–H and O–H groups in total. The molecule has 154 valence electrons. The molecule has 1 aromatic carbocycles. The highest BCUT2D eigenvalue weighted by molar-refractivity contribution is 5.98. The lowest BCUT2D eigenvalue weighted by atomic mass is 10.1. The second-order valence-corrected chi connectivity index (χ2v) is 6.28. The molecule has 1 atom stereocenters. The quantitative estimate of drug-likeness (QED) is 0.778. The molecular formula is C19H27N3O6. The maximum absolute atomic E-state index is 12.6. The first-order valence-electron chi connectivity index (χ1n) is 9.14. The zero-order valence-corrected chi connectivity index (χ0v) is 16.7. The van der Waals surface area contributed by atoms with E-state index in [1.165, 1.54) is 14.2 Å². The number of carbonyl (C=O) groups is 3. The average Bonchev–Trinajstić information content (AvgIpc) is 2.72. The largest absolute Gasteiger partial charge is 0.493 e. The molecule has 0 aliphatic carbocycles. The Labute approximate surface area is 164 Å². The Morgan fingerprint density at radius 3 is 2.21 bits per heavy atom. The fraction of sp³-hybridized carbons (Fsp3) is 0.526. The second kappa shape index (κ2) is 9.82. The van der Waals surface area contributed by atoms with Crippen molar-refractivity contribution in [1.82, 2.24) is 15.1 Å². The van der Waals surface area contributed by atoms with Crippen molar-refractivity contribution in [1.29, 1.82) is 0 Å². The summed E-state index contributed by atoms with van der Waals surface area (Å²) in [6.07, 6.45) is -0.371. The van der Waals surface area contributed by atoms with E-state index in [-0.39, 0.29) is 17.9 Å². The predicted octanol–water partition coefficient (Wildman–Crippen LogP) is 1.12. The average molecular weight is 393 g/mol. The minimum atomic E-state index is -0.699. The van der Waals surface area contributed by atoms with E-state index in [0.29, 0.717) is 49.8 Å². The van der Waals surface area contributed by atoms with Crippen LogP contribution in [0.25, 0.3) is 0 Å². The smallest absolute Gasteiger partial charge is 0.409 e. The summed E-state index contributed by atoms with van der Waals surface area (Å²) in [6, 6.07) is 4.10. The second-order valence-electron chi connectivity index (χ2n) is 6.28. The molecule has 0 aromatic heterocycles. The summed E-state index contributed by atoms with van der Waals surface area (Å²) in [6.45, 7) is 5.31. The van der Waals surface area contributed by atoms with Gasteiger partial charge in [-0.25, -0.2) is 4.79 Å². The van der Waals surface area contributed by atoms with E-state index in [9.17, 15) is 14.4 Å². The number of amides is 3. The van der Waals surface area contributed by atoms with Gasteiger partial charge < -0.3 is 29.3 Å². The molecule has 1 aliphatic rings. The molecular weight excluding hydrogens is 366 g/mol. The Kier molecular flexibility index (Phi) is 7.48. The van der Waals surface area contributed by atoms with Crippen LogP contribution in [0.3, 0.4) is 0 Å². The van der Waals surface area contributed by atoms with Crippen molar-refractivity contribution in [3.63, 3.8) is 0 Å². The summed E-state index contributed by atoms with van der Waals surface area (Å²) in [5.74, 6) is 0.371. The minimum absolute atomic E-state index is 0.197. The van der Waals surface area contributed by atoms with E-state index in [1.54, 1.807) is 41.8 Å². The maximum Gasteiger partial charge on any atom is 0.409 e. The lowest BCUT2D eigenvalue weighted by molar-refractivity contribution is -0.134. The van der Waals surface area contributed by atoms with E-state index in [0.717, 1.165) is 0 Å². The Morgan fingerprint density at radius 2 is 1.64 bits per heavy atom. The number of nitrogens with zero attached hydrogens (tertiary/aromatic N) is 2. The van der Waals surface area contributed by atoms with Gasteiger partial charge in [0, 0.05) is 31.7 Å². The van der Waals surface area contributed by atoms with Gasteiger partial charge in [-0.3, -0.25) is 9.59 Å². The molecule has 9 nitrogen and oxygen atoms in total. The molecule has 0 unspecified atom stereocenters. The highest BCUT2D eigenvalue weighted by Crippen LogP contribution is 2.27. The van der Waals surface area contributed by atoms with Crippen molar-refractivity contribution >= 4 is 17.9 Å². The van der Waals surface area contributed by atoms with Crippen molar-refractivity contribution in [2.24, 2.45) is 0 Å². The molecule has 1 saturated heterocycles. The molecule has 28 heavy (non-hydrogen) atoms. The normalized spacial score (nSPS) is 14.9. The van der Waals surface area contributed by atoms with E-state index in [1.807, 2.05) is 0 Å². The summed E-state index contributed by atoms with van der Waals surface area (Å²) >= 11 is 0. The van der Waals surface area contributed by atoms with Crippen LogP contribution in [0.1, 0.15) is 24.2 Å². The third kappa shape index (κ3) is 5.05. The number of rotatable bonds is 6. The molecule has 0 radical (unpaired) electrons. The molecule has 0 saturated carbocycles. The Morgan fingerprint density at radius 1 is 1.04 bits per heavy atom. The minimum Gasteiger partial charge on any atom is -0.493 e. The molecule has 2 rings (SSSR count). The van der Waals surface area contributed by atoms with Gasteiger partial charge >= 0.3 is 6.09 Å². The fourth-order valence-corrected chi connectivity index (χ4v) is 2.92. The highest BCUT2D eigenvalue weighted by atomic mass is 16.6. The molecule has 1 aromatic rings. The Balaban J connectivity index is 1.92. The summed E-state index contributed by atoms with van der Waals surface area (Å²) < 4.78 is 15.3. The summed E-state index contributed by atoms with van der Waals surface area (Å²) in [5, 5.41) is 2.70. The Hall–Kier alpha value is -2.97. The van der Waals surface area contributed by atoms with E-state index >= 15 is 0 Å². The molecule has 1 fully saturated rings. The van der Waals surface area contributed by atoms with Gasteiger partial charge in [-0.1, -0.05) is 0 Å². The van der Waals surface area contributed by atoms with E-state index < -0.39 is 6.04 Å². The number of hydrogen-bond donors (Lipinski definition) is 1. The van der Waals surface area contributed by atoms with Crippen LogP contribution in [-0.4, -0.2) is 80.8 Å². The van der Waals surface area contributed by atoms with Crippen molar-refractivity contribution < 1.29 is 28.6 Å². The standard InChI is InChI=1S/C19H27N3O6/c1-5-28-19(25)22-10-8-21(9-11-22)18(24)13(2)20-17(23)14-6-7-15(26-3)16(12-14)27-4/h6-7,12-13H,5,8-11H2,1-4H3,(H,20,23)/t13-/m0/s1. The lowest BCUT2D eigenvalue weighted by Gasteiger charge is -2.35. The van der Waals surface area contributed by atoms with Crippen LogP contribution in [0.2, 0.25) is 0 Å². The molecule has 0 spiro atoms. The number of benzene rings is 1. The van der Waals surface area contributed by atoms with Gasteiger partial charge in [-0.15, -0.1) is 0 Å². The molecule has 9 heteroatoms. The zero-order valence-electron chi connectivity index (χ0n) is 16.7. The number of carbonyl (C=O) groups excluding carboxylic acids is 3. The van der Waals surface area contributed by atoms with Crippen LogP contribution in [0.15, 0.2) is 18.2 Å². The van der Waals surface area contributed by atoms with Crippen LogP contribution in [0.4, 0.5) is 4.79 Å². The van der Waals surface area contributed by atoms with Gasteiger partial charge in [0.1, 0.15) is 6.04 Å². The molecule has 1 aliphatic heterocycles. The number of hydrogen-bond acceptors (Lipinski definition) is 6. The van der Waals surface area contributed by atoms with Crippen LogP contribution in [-0.2, 0) is 9.53 Å². The van der Waals surface area contributed by atoms with Crippen molar-refractivity contribution in [2.75, 3.05) is 47.0 Å². The van der Waals surface area contributed by atoms with E-state index in [2.05, 4.69) is 5.32 Å². The summed E-state index contributed by atoms with van der Waals surface area (Å²) in [4.78, 5) is 40.0. The monoisotopic (exact) mass is 393 g/mol. The Bertz CT molecular complexity index is 716. The van der Waals surface area contributed by atoms with Gasteiger partial charge in [0.05, 0.1) is 20.8 Å². The first-order chi connectivity index (χ1) is 13.4. The third-order valence-electron chi connectivity index (χ3n) is 4.48. The number of ether oxygens (including phenoxy) is 3. The van der Waals surface area contributed by atoms with Gasteiger partial charge in [-0.2, -0.15) is 0 Å². The third-order valence-corrected chi connectivity index (χ3v) is 4.48. The SMILES string of the molecule is CCOC(=O)N1CCN(C(=O)[C@H](C)NC(=O)c2ccc(OC)c(OC)c2)CC1. The molecule has 3 amide bonds. The fourth-order valence-electron chi connectivity index (χ4n) is 2.92. The van der Waals surface area contributed by atoms with Crippen LogP contribution < -0.4 is 14.8 Å². The number of piperazine rings is 1. The number of methoxy groups -OCH3 is 2. The first-order valence-corrected chi connectivity index (χ1v) is 9.14. The van der Waals surface area contributed by atoms with Crippen LogP contribution in [0, 0.1) is 0 Å². The van der Waals surface area contributed by atoms with Crippen LogP contribution in [0.5, 0.6) is 11.5 Å². The first kappa shape index (κ1) is 21.3. The lowest BCUT2D eigenvalue weighted by Crippen LogP contribution is -2.55. The van der Waals surface area contributed by atoms with Gasteiger partial charge in [-0.05, 0) is 32.0 Å². The molecule has 1 heterocycles. The van der Waals surface area contributed by atoms with E-state index in [4.69, 9.17) is 14.2 Å². The highest BCUT2D eigenvalue weighted by Gasteiger charge is 2.28. The molecule has 0 bridgehead atoms. The van der Waals surface area contributed by atoms with Gasteiger partial charge in [0.2, 0.25) is 5.91 Å². The van der Waals surface area contributed by atoms with Gasteiger partial charge in [0.15, 0.2) is 11.5 Å². The van der Waals surface area contributed by atoms with Gasteiger partial charge in [0.25, 0.3) is 5.91 Å². The van der Waals surface area contributed by atoms with Crippen molar-refractivity contribution in [2.45, 2.75) is 19.9 Å². The summed E-state index contributed by atoms with van der Waals surface area (Å²) in [7, 11) is 3.00. The zero-order chi connectivity index (χ0) is 20.7. The van der Waals surface area contributed by atoms with Crippen molar-refractivity contribution in [3.05, 3.63) is 23.8 Å². The predicted molar refractivity (Wildman–Crippen MR) is 102 cm³/mol. The maximum atomic E-state index is 12.6.